The molecule has 0 spiro atoms. The number of hydrogen-bond acceptors (Lipinski definition) is 8. The first kappa shape index (κ1) is 21.9. The molecule has 10 nitrogen and oxygen atoms in total. The molecule has 30 heavy (non-hydrogen) atoms. The molecule has 0 aromatic heterocycles. The van der Waals surface area contributed by atoms with Crippen LogP contribution in [0.2, 0.25) is 0 Å². The normalized spacial score (nSPS) is 20.8. The van der Waals surface area contributed by atoms with E-state index in [0.29, 0.717) is 18.9 Å². The van der Waals surface area contributed by atoms with Crippen LogP contribution < -0.4 is 10.2 Å². The fraction of sp³-hybridized carbons (Fsp3) is 0.450. The van der Waals surface area contributed by atoms with Gasteiger partial charge in [-0.1, -0.05) is 12.1 Å². The van der Waals surface area contributed by atoms with Gasteiger partial charge in [-0.25, -0.2) is 5.26 Å². The molecule has 162 valence electrons. The second-order valence-corrected chi connectivity index (χ2v) is 6.91. The Morgan fingerprint density at radius 1 is 1.17 bits per heavy atom. The molecule has 1 fully saturated rings. The lowest BCUT2D eigenvalue weighted by atomic mass is 10.1. The third kappa shape index (κ3) is 6.10. The number of benzene rings is 1. The molecular formula is C20H24N2O8. The number of nitrogens with zero attached hydrogens (tertiary/aromatic N) is 1. The molecule has 2 unspecified atom stereocenters. The lowest BCUT2D eigenvalue weighted by Crippen LogP contribution is -2.35. The summed E-state index contributed by atoms with van der Waals surface area (Å²) in [6, 6.07) is 6.77. The quantitative estimate of drug-likeness (QED) is 0.239. The number of unbranched alkanes of at least 4 members (excludes halogenated alkanes) is 1. The van der Waals surface area contributed by atoms with Crippen molar-refractivity contribution in [1.82, 2.24) is 10.2 Å². The Labute approximate surface area is 173 Å². The van der Waals surface area contributed by atoms with E-state index in [0.717, 1.165) is 29.7 Å². The lowest BCUT2D eigenvalue weighted by Gasteiger charge is -2.13. The minimum absolute atomic E-state index is 0.0258. The van der Waals surface area contributed by atoms with Crippen LogP contribution in [-0.4, -0.2) is 53.7 Å². The topological polar surface area (TPSA) is 124 Å². The van der Waals surface area contributed by atoms with Gasteiger partial charge in [-0.2, -0.15) is 0 Å². The van der Waals surface area contributed by atoms with Crippen molar-refractivity contribution in [2.24, 2.45) is 0 Å². The Morgan fingerprint density at radius 3 is 2.60 bits per heavy atom. The fourth-order valence-corrected chi connectivity index (χ4v) is 3.18. The molecule has 2 N–H and O–H groups in total. The molecule has 0 aliphatic carbocycles. The minimum atomic E-state index is -0.454. The summed E-state index contributed by atoms with van der Waals surface area (Å²) in [6.45, 7) is 1.09. The second-order valence-electron chi connectivity index (χ2n) is 6.91. The average molecular weight is 420 g/mol. The maximum atomic E-state index is 11.8. The summed E-state index contributed by atoms with van der Waals surface area (Å²) in [5, 5.41) is 14.7. The average Bonchev–Trinajstić information content (AvgIpc) is 3.34. The van der Waals surface area contributed by atoms with Crippen LogP contribution in [0.5, 0.6) is 5.75 Å². The van der Waals surface area contributed by atoms with Crippen molar-refractivity contribution < 1.29 is 39.0 Å². The SMILES string of the molecule is O=C(CCN1C(=O)C=CC1=O)NCCCCC1COC(c2ccc(OOO)cc2)O1. The molecule has 3 rings (SSSR count). The van der Waals surface area contributed by atoms with Crippen molar-refractivity contribution >= 4 is 17.7 Å². The maximum Gasteiger partial charge on any atom is 0.253 e. The number of imide groups is 1. The highest BCUT2D eigenvalue weighted by Gasteiger charge is 2.27. The largest absolute Gasteiger partial charge is 0.356 e. The first-order chi connectivity index (χ1) is 14.6. The van der Waals surface area contributed by atoms with Crippen LogP contribution in [0.1, 0.15) is 37.5 Å². The van der Waals surface area contributed by atoms with Crippen LogP contribution in [0.3, 0.4) is 0 Å². The number of carbonyl (C=O) groups excluding carboxylic acids is 3. The Kier molecular flexibility index (Phi) is 7.91. The monoisotopic (exact) mass is 420 g/mol. The molecule has 2 heterocycles. The second kappa shape index (κ2) is 10.8. The van der Waals surface area contributed by atoms with E-state index in [-0.39, 0.29) is 36.8 Å². The van der Waals surface area contributed by atoms with Gasteiger partial charge in [-0.05, 0) is 36.4 Å². The number of hydrogen-bond donors (Lipinski definition) is 2. The van der Waals surface area contributed by atoms with Gasteiger partial charge in [0.25, 0.3) is 11.8 Å². The van der Waals surface area contributed by atoms with Crippen molar-refractivity contribution in [2.75, 3.05) is 19.7 Å². The van der Waals surface area contributed by atoms with E-state index in [1.165, 1.54) is 12.2 Å². The molecule has 10 heteroatoms. The van der Waals surface area contributed by atoms with Crippen LogP contribution in [0.15, 0.2) is 36.4 Å². The van der Waals surface area contributed by atoms with Gasteiger partial charge >= 0.3 is 0 Å². The maximum absolute atomic E-state index is 11.8. The summed E-state index contributed by atoms with van der Waals surface area (Å²) in [5.41, 5.74) is 0.834. The van der Waals surface area contributed by atoms with E-state index in [9.17, 15) is 14.4 Å². The highest BCUT2D eigenvalue weighted by atomic mass is 17.5. The highest BCUT2D eigenvalue weighted by molar-refractivity contribution is 6.13. The Morgan fingerprint density at radius 2 is 1.90 bits per heavy atom. The van der Waals surface area contributed by atoms with Crippen molar-refractivity contribution in [3.8, 4) is 5.75 Å². The molecule has 1 aromatic rings. The van der Waals surface area contributed by atoms with Crippen molar-refractivity contribution in [2.45, 2.75) is 38.1 Å². The number of ether oxygens (including phenoxy) is 2. The summed E-state index contributed by atoms with van der Waals surface area (Å²) < 4.78 is 11.6. The zero-order valence-electron chi connectivity index (χ0n) is 16.3. The molecule has 1 saturated heterocycles. The summed E-state index contributed by atoms with van der Waals surface area (Å²) in [5.74, 6) is -0.600. The molecule has 2 aliphatic heterocycles. The summed E-state index contributed by atoms with van der Waals surface area (Å²) in [4.78, 5) is 40.2. The van der Waals surface area contributed by atoms with Crippen LogP contribution in [-0.2, 0) is 28.9 Å². The third-order valence-corrected chi connectivity index (χ3v) is 4.77. The molecule has 3 amide bonds. The van der Waals surface area contributed by atoms with E-state index < -0.39 is 6.29 Å². The van der Waals surface area contributed by atoms with Gasteiger partial charge in [0.1, 0.15) is 0 Å². The third-order valence-electron chi connectivity index (χ3n) is 4.77. The predicted octanol–water partition coefficient (Wildman–Crippen LogP) is 1.49. The van der Waals surface area contributed by atoms with E-state index in [2.05, 4.69) is 15.2 Å². The number of nitrogens with one attached hydrogen (secondary N) is 1. The zero-order chi connectivity index (χ0) is 21.3. The van der Waals surface area contributed by atoms with E-state index in [4.69, 9.17) is 14.7 Å². The Balaban J connectivity index is 1.26. The molecule has 0 radical (unpaired) electrons. The lowest BCUT2D eigenvalue weighted by molar-refractivity contribution is -0.438. The van der Waals surface area contributed by atoms with Crippen molar-refractivity contribution in [1.29, 1.82) is 0 Å². The molecular weight excluding hydrogens is 396 g/mol. The van der Waals surface area contributed by atoms with Gasteiger partial charge in [-0.15, -0.1) is 0 Å². The van der Waals surface area contributed by atoms with Gasteiger partial charge in [0, 0.05) is 37.2 Å². The van der Waals surface area contributed by atoms with Crippen molar-refractivity contribution in [3.63, 3.8) is 0 Å². The fourth-order valence-electron chi connectivity index (χ4n) is 3.18. The Hall–Kier alpha value is -2.79. The molecule has 0 bridgehead atoms. The first-order valence-electron chi connectivity index (χ1n) is 9.72. The van der Waals surface area contributed by atoms with Crippen LogP contribution in [0.4, 0.5) is 0 Å². The van der Waals surface area contributed by atoms with E-state index in [1.54, 1.807) is 24.3 Å². The van der Waals surface area contributed by atoms with Crippen molar-refractivity contribution in [3.05, 3.63) is 42.0 Å². The summed E-state index contributed by atoms with van der Waals surface area (Å²) in [7, 11) is 0. The molecule has 1 aromatic carbocycles. The summed E-state index contributed by atoms with van der Waals surface area (Å²) in [6.07, 6.45) is 4.46. The predicted molar refractivity (Wildman–Crippen MR) is 102 cm³/mol. The molecule has 2 atom stereocenters. The van der Waals surface area contributed by atoms with Crippen LogP contribution >= 0.6 is 0 Å². The van der Waals surface area contributed by atoms with Crippen LogP contribution in [0.25, 0.3) is 0 Å². The first-order valence-corrected chi connectivity index (χ1v) is 9.72. The van der Waals surface area contributed by atoms with Gasteiger partial charge in [-0.3, -0.25) is 19.3 Å². The van der Waals surface area contributed by atoms with E-state index >= 15 is 0 Å². The standard InChI is InChI=1S/C20H24N2O8/c23-17(10-12-22-18(24)8-9-19(22)25)21-11-2-1-3-16-13-27-20(28-16)14-4-6-15(7-5-14)29-30-26/h4-9,16,20,26H,1-3,10-13H2,(H,21,23). The van der Waals surface area contributed by atoms with Gasteiger partial charge in [0.05, 0.1) is 12.7 Å². The zero-order valence-corrected chi connectivity index (χ0v) is 16.3. The number of carbonyl (C=O) groups is 3. The Bertz CT molecular complexity index is 762. The smallest absolute Gasteiger partial charge is 0.253 e. The van der Waals surface area contributed by atoms with Gasteiger partial charge < -0.3 is 19.7 Å². The number of rotatable bonds is 11. The highest BCUT2D eigenvalue weighted by Crippen LogP contribution is 2.30. The van der Waals surface area contributed by atoms with Crippen LogP contribution in [0, 0.1) is 0 Å². The number of amides is 3. The van der Waals surface area contributed by atoms with E-state index in [1.807, 2.05) is 0 Å². The molecule has 0 saturated carbocycles. The minimum Gasteiger partial charge on any atom is -0.356 e. The van der Waals surface area contributed by atoms with Gasteiger partial charge in [0.15, 0.2) is 12.0 Å². The molecule has 2 aliphatic rings. The summed E-state index contributed by atoms with van der Waals surface area (Å²) >= 11 is 0. The van der Waals surface area contributed by atoms with Gasteiger partial charge in [0.2, 0.25) is 5.91 Å².